The molecule has 7 heteroatoms. The van der Waals surface area contributed by atoms with Crippen molar-refractivity contribution < 1.29 is 14.3 Å². The molecule has 1 amide bonds. The second-order valence-electron chi connectivity index (χ2n) is 5.81. The summed E-state index contributed by atoms with van der Waals surface area (Å²) in [6, 6.07) is 5.36. The zero-order chi connectivity index (χ0) is 16.0. The zero-order valence-corrected chi connectivity index (χ0v) is 13.2. The molecule has 0 radical (unpaired) electrons. The number of rotatable bonds is 3. The molecule has 0 saturated carbocycles. The van der Waals surface area contributed by atoms with Crippen LogP contribution in [0.15, 0.2) is 18.2 Å². The molecule has 1 atom stereocenters. The number of amides is 1. The van der Waals surface area contributed by atoms with Gasteiger partial charge in [0.25, 0.3) is 0 Å². The smallest absolute Gasteiger partial charge is 0.245 e. The molecule has 2 aliphatic heterocycles. The Labute approximate surface area is 133 Å². The van der Waals surface area contributed by atoms with Gasteiger partial charge in [-0.05, 0) is 31.5 Å². The Bertz CT molecular complexity index is 771. The summed E-state index contributed by atoms with van der Waals surface area (Å²) in [6.45, 7) is 5.45. The van der Waals surface area contributed by atoms with Crippen LogP contribution in [-0.2, 0) is 11.3 Å². The average molecular weight is 314 g/mol. The lowest BCUT2D eigenvalue weighted by atomic mass is 10.1. The average Bonchev–Trinajstić information content (AvgIpc) is 3.18. The molecule has 3 heterocycles. The van der Waals surface area contributed by atoms with E-state index in [2.05, 4.69) is 17.1 Å². The SMILES string of the molecule is CCCN1Cc2nnc(-c3ccc4c(c3)OCO4)n2[C@@H](C)C1=O. The van der Waals surface area contributed by atoms with E-state index >= 15 is 0 Å². The van der Waals surface area contributed by atoms with Crippen LogP contribution in [-0.4, -0.2) is 38.9 Å². The summed E-state index contributed by atoms with van der Waals surface area (Å²) in [5.41, 5.74) is 0.872. The van der Waals surface area contributed by atoms with Crippen LogP contribution in [0, 0.1) is 0 Å². The van der Waals surface area contributed by atoms with E-state index in [1.807, 2.05) is 34.6 Å². The first-order chi connectivity index (χ1) is 11.2. The molecule has 7 nitrogen and oxygen atoms in total. The van der Waals surface area contributed by atoms with Crippen LogP contribution < -0.4 is 9.47 Å². The highest BCUT2D eigenvalue weighted by Gasteiger charge is 2.33. The largest absolute Gasteiger partial charge is 0.454 e. The quantitative estimate of drug-likeness (QED) is 0.866. The van der Waals surface area contributed by atoms with Gasteiger partial charge in [-0.15, -0.1) is 10.2 Å². The molecule has 4 rings (SSSR count). The molecule has 0 fully saturated rings. The highest BCUT2D eigenvalue weighted by molar-refractivity contribution is 5.82. The molecule has 0 unspecified atom stereocenters. The predicted octanol–water partition coefficient (Wildman–Crippen LogP) is 1.99. The lowest BCUT2D eigenvalue weighted by molar-refractivity contribution is -0.136. The molecule has 23 heavy (non-hydrogen) atoms. The summed E-state index contributed by atoms with van der Waals surface area (Å²) in [5.74, 6) is 3.04. The van der Waals surface area contributed by atoms with Crippen LogP contribution in [0.3, 0.4) is 0 Å². The third-order valence-electron chi connectivity index (χ3n) is 4.28. The van der Waals surface area contributed by atoms with Gasteiger partial charge in [-0.2, -0.15) is 0 Å². The fourth-order valence-electron chi connectivity index (χ4n) is 3.15. The Morgan fingerprint density at radius 2 is 2.09 bits per heavy atom. The lowest BCUT2D eigenvalue weighted by Crippen LogP contribution is -2.42. The van der Waals surface area contributed by atoms with Crippen molar-refractivity contribution in [2.24, 2.45) is 0 Å². The molecule has 1 aromatic heterocycles. The van der Waals surface area contributed by atoms with Crippen molar-refractivity contribution in [3.8, 4) is 22.9 Å². The fourth-order valence-corrected chi connectivity index (χ4v) is 3.15. The van der Waals surface area contributed by atoms with Crippen LogP contribution in [0.1, 0.15) is 32.1 Å². The summed E-state index contributed by atoms with van der Waals surface area (Å²) < 4.78 is 12.7. The number of benzene rings is 1. The highest BCUT2D eigenvalue weighted by atomic mass is 16.7. The number of ether oxygens (including phenoxy) is 2. The molecule has 2 aliphatic rings. The topological polar surface area (TPSA) is 69.5 Å². The van der Waals surface area contributed by atoms with Crippen molar-refractivity contribution in [3.05, 3.63) is 24.0 Å². The molecule has 2 aromatic rings. The summed E-state index contributed by atoms with van der Waals surface area (Å²) in [4.78, 5) is 14.4. The Morgan fingerprint density at radius 1 is 1.26 bits per heavy atom. The van der Waals surface area contributed by atoms with E-state index < -0.39 is 0 Å². The predicted molar refractivity (Wildman–Crippen MR) is 82.0 cm³/mol. The van der Waals surface area contributed by atoms with E-state index in [-0.39, 0.29) is 18.7 Å². The number of hydrogen-bond acceptors (Lipinski definition) is 5. The van der Waals surface area contributed by atoms with Gasteiger partial charge in [-0.25, -0.2) is 0 Å². The third kappa shape index (κ3) is 2.15. The summed E-state index contributed by atoms with van der Waals surface area (Å²) in [7, 11) is 0. The van der Waals surface area contributed by atoms with Gasteiger partial charge < -0.3 is 14.4 Å². The highest BCUT2D eigenvalue weighted by Crippen LogP contribution is 2.37. The van der Waals surface area contributed by atoms with E-state index in [4.69, 9.17) is 9.47 Å². The normalized spacial score (nSPS) is 19.1. The van der Waals surface area contributed by atoms with Crippen LogP contribution in [0.5, 0.6) is 11.5 Å². The lowest BCUT2D eigenvalue weighted by Gasteiger charge is -2.31. The molecule has 0 saturated heterocycles. The molecular weight excluding hydrogens is 296 g/mol. The number of aromatic nitrogens is 3. The maximum Gasteiger partial charge on any atom is 0.245 e. The van der Waals surface area contributed by atoms with Gasteiger partial charge in [0, 0.05) is 12.1 Å². The molecule has 0 aliphatic carbocycles. The maximum absolute atomic E-state index is 12.6. The molecule has 120 valence electrons. The van der Waals surface area contributed by atoms with E-state index in [1.165, 1.54) is 0 Å². The third-order valence-corrected chi connectivity index (χ3v) is 4.28. The standard InChI is InChI=1S/C16H18N4O3/c1-3-6-19-8-14-17-18-15(20(14)10(2)16(19)21)11-4-5-12-13(7-11)23-9-22-12/h4-5,7,10H,3,6,8-9H2,1-2H3/t10-/m0/s1. The summed E-state index contributed by atoms with van der Waals surface area (Å²) in [6.07, 6.45) is 0.932. The molecule has 0 bridgehead atoms. The Hall–Kier alpha value is -2.57. The van der Waals surface area contributed by atoms with E-state index in [0.29, 0.717) is 18.1 Å². The van der Waals surface area contributed by atoms with Crippen molar-refractivity contribution >= 4 is 5.91 Å². The number of carbonyl (C=O) groups is 1. The van der Waals surface area contributed by atoms with Crippen LogP contribution in [0.25, 0.3) is 11.4 Å². The fraction of sp³-hybridized carbons (Fsp3) is 0.438. The van der Waals surface area contributed by atoms with Crippen LogP contribution >= 0.6 is 0 Å². The second-order valence-corrected chi connectivity index (χ2v) is 5.81. The van der Waals surface area contributed by atoms with E-state index in [0.717, 1.165) is 30.1 Å². The minimum absolute atomic E-state index is 0.112. The summed E-state index contributed by atoms with van der Waals surface area (Å²) in [5, 5.41) is 8.60. The van der Waals surface area contributed by atoms with Gasteiger partial charge in [0.15, 0.2) is 23.1 Å². The van der Waals surface area contributed by atoms with E-state index in [1.54, 1.807) is 0 Å². The van der Waals surface area contributed by atoms with Crippen molar-refractivity contribution in [1.82, 2.24) is 19.7 Å². The minimum Gasteiger partial charge on any atom is -0.454 e. The number of fused-ring (bicyclic) bond motifs is 2. The summed E-state index contributed by atoms with van der Waals surface area (Å²) >= 11 is 0. The van der Waals surface area contributed by atoms with Gasteiger partial charge in [0.05, 0.1) is 6.54 Å². The van der Waals surface area contributed by atoms with Crippen molar-refractivity contribution in [2.45, 2.75) is 32.9 Å². The van der Waals surface area contributed by atoms with Crippen LogP contribution in [0.2, 0.25) is 0 Å². The Kier molecular flexibility index (Phi) is 3.21. The van der Waals surface area contributed by atoms with Gasteiger partial charge in [-0.1, -0.05) is 6.92 Å². The van der Waals surface area contributed by atoms with Crippen LogP contribution in [0.4, 0.5) is 0 Å². The van der Waals surface area contributed by atoms with Gasteiger partial charge in [-0.3, -0.25) is 9.36 Å². The van der Waals surface area contributed by atoms with Gasteiger partial charge >= 0.3 is 0 Å². The van der Waals surface area contributed by atoms with Crippen molar-refractivity contribution in [1.29, 1.82) is 0 Å². The minimum atomic E-state index is -0.305. The Morgan fingerprint density at radius 3 is 2.91 bits per heavy atom. The first-order valence-electron chi connectivity index (χ1n) is 7.81. The molecular formula is C16H18N4O3. The first-order valence-corrected chi connectivity index (χ1v) is 7.81. The van der Waals surface area contributed by atoms with E-state index in [9.17, 15) is 4.79 Å². The molecule has 1 aromatic carbocycles. The number of nitrogens with zero attached hydrogens (tertiary/aromatic N) is 4. The van der Waals surface area contributed by atoms with Crippen molar-refractivity contribution in [2.75, 3.05) is 13.3 Å². The monoisotopic (exact) mass is 314 g/mol. The van der Waals surface area contributed by atoms with Gasteiger partial charge in [0.1, 0.15) is 6.04 Å². The van der Waals surface area contributed by atoms with Gasteiger partial charge in [0.2, 0.25) is 12.7 Å². The molecule has 0 N–H and O–H groups in total. The first kappa shape index (κ1) is 14.0. The second kappa shape index (κ2) is 5.26. The van der Waals surface area contributed by atoms with Crippen molar-refractivity contribution in [3.63, 3.8) is 0 Å². The number of hydrogen-bond donors (Lipinski definition) is 0. The Balaban J connectivity index is 1.75. The maximum atomic E-state index is 12.6. The number of carbonyl (C=O) groups excluding carboxylic acids is 1. The molecule has 0 spiro atoms. The zero-order valence-electron chi connectivity index (χ0n) is 13.2.